The van der Waals surface area contributed by atoms with E-state index in [-0.39, 0.29) is 17.0 Å². The van der Waals surface area contributed by atoms with Crippen LogP contribution in [0, 0.1) is 0 Å². The first-order valence-corrected chi connectivity index (χ1v) is 13.4. The second kappa shape index (κ2) is 7.50. The van der Waals surface area contributed by atoms with Crippen molar-refractivity contribution < 1.29 is 13.2 Å². The van der Waals surface area contributed by atoms with E-state index in [2.05, 4.69) is 21.8 Å². The van der Waals surface area contributed by atoms with Gasteiger partial charge in [-0.3, -0.25) is 4.98 Å². The van der Waals surface area contributed by atoms with Gasteiger partial charge in [0.1, 0.15) is 0 Å². The average molecular weight is 470 g/mol. The van der Waals surface area contributed by atoms with Crippen molar-refractivity contribution in [1.82, 2.24) is 19.9 Å². The maximum absolute atomic E-state index is 12.8. The molecule has 1 aliphatic heterocycles. The summed E-state index contributed by atoms with van der Waals surface area (Å²) in [6, 6.07) is 2.15. The third-order valence-corrected chi connectivity index (χ3v) is 9.43. The number of aromatic amines is 1. The molecule has 6 rings (SSSR count). The van der Waals surface area contributed by atoms with Crippen LogP contribution in [0.5, 0.6) is 0 Å². The highest BCUT2D eigenvalue weighted by Crippen LogP contribution is 2.39. The van der Waals surface area contributed by atoms with Gasteiger partial charge in [-0.05, 0) is 31.2 Å². The molecule has 0 amide bonds. The number of anilines is 1. The molecule has 1 saturated carbocycles. The van der Waals surface area contributed by atoms with Crippen LogP contribution in [-0.4, -0.2) is 59.4 Å². The summed E-state index contributed by atoms with van der Waals surface area (Å²) in [5.41, 5.74) is 3.23. The Morgan fingerprint density at radius 2 is 2.16 bits per heavy atom. The number of hydrogen-bond donors (Lipinski definition) is 1. The SMILES string of the molecule is C[C@@H]1COCCN1c1nc(-c2cncc3[nH]ccc23)nc2c(CS(=O)(=O)C3CC3)csc12. The Labute approximate surface area is 189 Å². The number of nitrogens with one attached hydrogen (secondary N) is 1. The molecule has 166 valence electrons. The van der Waals surface area contributed by atoms with Crippen LogP contribution >= 0.6 is 11.3 Å². The zero-order chi connectivity index (χ0) is 21.9. The Morgan fingerprint density at radius 3 is 2.97 bits per heavy atom. The fourth-order valence-corrected chi connectivity index (χ4v) is 7.19. The number of H-pyrrole nitrogens is 1. The summed E-state index contributed by atoms with van der Waals surface area (Å²) in [5, 5.41) is 2.73. The predicted octanol–water partition coefficient (Wildman–Crippen LogP) is 3.54. The Balaban J connectivity index is 1.56. The number of morpholine rings is 1. The molecule has 10 heteroatoms. The molecule has 8 nitrogen and oxygen atoms in total. The van der Waals surface area contributed by atoms with E-state index in [0.29, 0.717) is 19.0 Å². The third kappa shape index (κ3) is 3.37. The molecule has 1 N–H and O–H groups in total. The quantitative estimate of drug-likeness (QED) is 0.477. The van der Waals surface area contributed by atoms with Crippen LogP contribution in [0.15, 0.2) is 30.0 Å². The van der Waals surface area contributed by atoms with Gasteiger partial charge in [0.15, 0.2) is 21.5 Å². The molecular formula is C22H23N5O3S2. The number of fused-ring (bicyclic) bond motifs is 2. The Bertz CT molecular complexity index is 1420. The van der Waals surface area contributed by atoms with Crippen molar-refractivity contribution >= 4 is 48.1 Å². The Hall–Kier alpha value is -2.56. The molecular weight excluding hydrogens is 446 g/mol. The van der Waals surface area contributed by atoms with Gasteiger partial charge >= 0.3 is 0 Å². The minimum atomic E-state index is -3.16. The summed E-state index contributed by atoms with van der Waals surface area (Å²) >= 11 is 1.52. The van der Waals surface area contributed by atoms with E-state index in [1.165, 1.54) is 11.3 Å². The fourth-order valence-electron chi connectivity index (χ4n) is 4.33. The van der Waals surface area contributed by atoms with Crippen LogP contribution in [0.3, 0.4) is 0 Å². The van der Waals surface area contributed by atoms with E-state index in [1.807, 2.05) is 17.6 Å². The van der Waals surface area contributed by atoms with E-state index >= 15 is 0 Å². The molecule has 1 aliphatic carbocycles. The summed E-state index contributed by atoms with van der Waals surface area (Å²) in [6.45, 7) is 4.11. The molecule has 0 spiro atoms. The van der Waals surface area contributed by atoms with E-state index in [9.17, 15) is 8.42 Å². The van der Waals surface area contributed by atoms with Crippen LogP contribution in [-0.2, 0) is 20.3 Å². The summed E-state index contributed by atoms with van der Waals surface area (Å²) < 4.78 is 32.1. The van der Waals surface area contributed by atoms with Crippen LogP contribution < -0.4 is 4.90 Å². The molecule has 4 aromatic heterocycles. The summed E-state index contributed by atoms with van der Waals surface area (Å²) in [7, 11) is -3.16. The van der Waals surface area contributed by atoms with Gasteiger partial charge in [0, 0.05) is 35.5 Å². The highest BCUT2D eigenvalue weighted by molar-refractivity contribution is 7.91. The van der Waals surface area contributed by atoms with Gasteiger partial charge in [-0.15, -0.1) is 11.3 Å². The number of pyridine rings is 1. The monoisotopic (exact) mass is 469 g/mol. The minimum absolute atomic E-state index is 0.0266. The molecule has 5 heterocycles. The van der Waals surface area contributed by atoms with Gasteiger partial charge in [0.05, 0.1) is 52.2 Å². The first kappa shape index (κ1) is 20.1. The second-order valence-electron chi connectivity index (χ2n) is 8.56. The van der Waals surface area contributed by atoms with Gasteiger partial charge < -0.3 is 14.6 Å². The first-order valence-electron chi connectivity index (χ1n) is 10.8. The molecule has 0 aromatic carbocycles. The highest BCUT2D eigenvalue weighted by Gasteiger charge is 2.36. The van der Waals surface area contributed by atoms with Gasteiger partial charge in [0.2, 0.25) is 0 Å². The van der Waals surface area contributed by atoms with Crippen molar-refractivity contribution in [3.63, 3.8) is 0 Å². The lowest BCUT2D eigenvalue weighted by Gasteiger charge is -2.34. The Kier molecular flexibility index (Phi) is 4.70. The fraction of sp³-hybridized carbons (Fsp3) is 0.409. The Morgan fingerprint density at radius 1 is 1.28 bits per heavy atom. The number of rotatable bonds is 5. The molecule has 0 radical (unpaired) electrons. The molecule has 2 aliphatic rings. The highest BCUT2D eigenvalue weighted by atomic mass is 32.2. The van der Waals surface area contributed by atoms with E-state index < -0.39 is 9.84 Å². The molecule has 1 saturated heterocycles. The molecule has 32 heavy (non-hydrogen) atoms. The van der Waals surface area contributed by atoms with Crippen molar-refractivity contribution in [2.45, 2.75) is 36.8 Å². The van der Waals surface area contributed by atoms with Crippen LogP contribution in [0.25, 0.3) is 32.5 Å². The zero-order valence-electron chi connectivity index (χ0n) is 17.6. The van der Waals surface area contributed by atoms with E-state index in [1.54, 1.807) is 12.4 Å². The summed E-state index contributed by atoms with van der Waals surface area (Å²) in [5.74, 6) is 1.43. The van der Waals surface area contributed by atoms with Gasteiger partial charge in [-0.25, -0.2) is 18.4 Å². The molecule has 0 unspecified atom stereocenters. The zero-order valence-corrected chi connectivity index (χ0v) is 19.2. The van der Waals surface area contributed by atoms with Gasteiger partial charge in [-0.2, -0.15) is 0 Å². The van der Waals surface area contributed by atoms with Crippen LogP contribution in [0.1, 0.15) is 25.3 Å². The second-order valence-corrected chi connectivity index (χ2v) is 11.7. The smallest absolute Gasteiger partial charge is 0.164 e. The largest absolute Gasteiger partial charge is 0.377 e. The number of ether oxygens (including phenoxy) is 1. The maximum Gasteiger partial charge on any atom is 0.164 e. The van der Waals surface area contributed by atoms with Crippen molar-refractivity contribution in [3.05, 3.63) is 35.6 Å². The first-order chi connectivity index (χ1) is 15.5. The van der Waals surface area contributed by atoms with Gasteiger partial charge in [0.25, 0.3) is 0 Å². The number of sulfone groups is 1. The van der Waals surface area contributed by atoms with Crippen LogP contribution in [0.4, 0.5) is 5.82 Å². The number of nitrogens with zero attached hydrogens (tertiary/aromatic N) is 4. The molecule has 2 fully saturated rings. The predicted molar refractivity (Wildman–Crippen MR) is 126 cm³/mol. The molecule has 1 atom stereocenters. The molecule has 4 aromatic rings. The van der Waals surface area contributed by atoms with Gasteiger partial charge in [-0.1, -0.05) is 0 Å². The van der Waals surface area contributed by atoms with Crippen molar-refractivity contribution in [1.29, 1.82) is 0 Å². The number of thiophene rings is 1. The molecule has 0 bridgehead atoms. The lowest BCUT2D eigenvalue weighted by molar-refractivity contribution is 0.0987. The maximum atomic E-state index is 12.8. The van der Waals surface area contributed by atoms with Crippen molar-refractivity contribution in [2.24, 2.45) is 0 Å². The average Bonchev–Trinajstić information content (AvgIpc) is 3.43. The lowest BCUT2D eigenvalue weighted by atomic mass is 10.1. The number of aromatic nitrogens is 4. The summed E-state index contributed by atoms with van der Waals surface area (Å²) in [4.78, 5) is 19.7. The van der Waals surface area contributed by atoms with Crippen LogP contribution in [0.2, 0.25) is 0 Å². The van der Waals surface area contributed by atoms with Crippen molar-refractivity contribution in [2.75, 3.05) is 24.7 Å². The number of hydrogen-bond acceptors (Lipinski definition) is 8. The van der Waals surface area contributed by atoms with E-state index in [0.717, 1.165) is 57.5 Å². The summed E-state index contributed by atoms with van der Waals surface area (Å²) in [6.07, 6.45) is 6.96. The topological polar surface area (TPSA) is 101 Å². The lowest BCUT2D eigenvalue weighted by Crippen LogP contribution is -2.44. The van der Waals surface area contributed by atoms with Crippen molar-refractivity contribution in [3.8, 4) is 11.4 Å². The van der Waals surface area contributed by atoms with E-state index in [4.69, 9.17) is 14.7 Å². The minimum Gasteiger partial charge on any atom is -0.377 e. The standard InChI is InChI=1S/C22H23N5O3S2/c1-13-10-30-7-6-27(13)22-20-19(14(11-31-20)12-32(28,29)15-2-3-15)25-21(26-22)17-8-23-9-18-16(17)4-5-24-18/h4-5,8-9,11,13,15,24H,2-3,6-7,10,12H2,1H3/t13-/m1/s1. The third-order valence-electron chi connectivity index (χ3n) is 6.22. The normalized spacial score (nSPS) is 19.8.